The average Bonchev–Trinajstić information content (AvgIpc) is 2.81. The summed E-state index contributed by atoms with van der Waals surface area (Å²) < 4.78 is 1.55. The van der Waals surface area contributed by atoms with Crippen LogP contribution in [0.4, 0.5) is 0 Å². The van der Waals surface area contributed by atoms with E-state index < -0.39 is 6.10 Å². The number of hydrogen-bond acceptors (Lipinski definition) is 4. The number of benzene rings is 1. The van der Waals surface area contributed by atoms with E-state index in [-0.39, 0.29) is 6.61 Å². The lowest BCUT2D eigenvalue weighted by Crippen LogP contribution is -2.11. The van der Waals surface area contributed by atoms with Crippen LogP contribution < -0.4 is 0 Å². The third kappa shape index (κ3) is 3.00. The molecule has 2 rings (SSSR count). The molecule has 0 unspecified atom stereocenters. The van der Waals surface area contributed by atoms with Gasteiger partial charge in [-0.15, -0.1) is 5.10 Å². The van der Waals surface area contributed by atoms with Gasteiger partial charge in [0, 0.05) is 0 Å². The molecule has 0 fully saturated rings. The first-order valence-corrected chi connectivity index (χ1v) is 6.27. The van der Waals surface area contributed by atoms with Gasteiger partial charge in [0.1, 0.15) is 5.69 Å². The van der Waals surface area contributed by atoms with Gasteiger partial charge in [-0.25, -0.2) is 4.68 Å². The molecule has 0 saturated carbocycles. The highest BCUT2D eigenvalue weighted by molar-refractivity contribution is 5.37. The van der Waals surface area contributed by atoms with Gasteiger partial charge in [0.2, 0.25) is 0 Å². The fraction of sp³-hybridized carbons (Fsp3) is 0.429. The van der Waals surface area contributed by atoms with Crippen molar-refractivity contribution >= 4 is 0 Å². The van der Waals surface area contributed by atoms with E-state index in [2.05, 4.69) is 23.3 Å². The van der Waals surface area contributed by atoms with Crippen LogP contribution in [0.2, 0.25) is 0 Å². The Balaban J connectivity index is 2.19. The van der Waals surface area contributed by atoms with E-state index in [1.807, 2.05) is 19.9 Å². The highest BCUT2D eigenvalue weighted by atomic mass is 16.3. The van der Waals surface area contributed by atoms with E-state index in [1.165, 1.54) is 5.56 Å². The summed E-state index contributed by atoms with van der Waals surface area (Å²) in [5, 5.41) is 26.9. The van der Waals surface area contributed by atoms with Crippen molar-refractivity contribution in [1.29, 1.82) is 0 Å². The number of rotatable bonds is 4. The Morgan fingerprint density at radius 2 is 1.84 bits per heavy atom. The molecule has 19 heavy (non-hydrogen) atoms. The summed E-state index contributed by atoms with van der Waals surface area (Å²) in [5.74, 6) is 0. The summed E-state index contributed by atoms with van der Waals surface area (Å²) in [6.45, 7) is 6.27. The van der Waals surface area contributed by atoms with Crippen LogP contribution in [0.25, 0.3) is 0 Å². The molecule has 5 heteroatoms. The molecule has 0 aliphatic heterocycles. The summed E-state index contributed by atoms with van der Waals surface area (Å²) in [7, 11) is 0. The molecule has 1 heterocycles. The third-order valence-corrected chi connectivity index (χ3v) is 3.35. The standard InChI is InChI=1S/C14H19N3O2/c1-9-4-11(3)13(5-10(9)2)14(19)7-17-6-12(8-18)15-16-17/h4-6,14,18-19H,7-8H2,1-3H3/t14-/m1/s1. The second kappa shape index (κ2) is 5.50. The van der Waals surface area contributed by atoms with Crippen LogP contribution in [0.3, 0.4) is 0 Å². The molecule has 0 saturated heterocycles. The first-order valence-electron chi connectivity index (χ1n) is 6.27. The second-order valence-corrected chi connectivity index (χ2v) is 4.90. The monoisotopic (exact) mass is 261 g/mol. The first kappa shape index (κ1) is 13.7. The Morgan fingerprint density at radius 3 is 2.47 bits per heavy atom. The average molecular weight is 261 g/mol. The molecule has 0 bridgehead atoms. The lowest BCUT2D eigenvalue weighted by molar-refractivity contribution is 0.150. The summed E-state index contributed by atoms with van der Waals surface area (Å²) in [6, 6.07) is 4.09. The first-order chi connectivity index (χ1) is 9.01. The van der Waals surface area contributed by atoms with Crippen molar-refractivity contribution in [1.82, 2.24) is 15.0 Å². The minimum atomic E-state index is -0.632. The van der Waals surface area contributed by atoms with Gasteiger partial charge in [0.15, 0.2) is 0 Å². The van der Waals surface area contributed by atoms with Crippen LogP contribution in [-0.2, 0) is 13.2 Å². The molecule has 0 radical (unpaired) electrons. The summed E-state index contributed by atoms with van der Waals surface area (Å²) in [6.07, 6.45) is 1.01. The van der Waals surface area contributed by atoms with Crippen LogP contribution in [-0.4, -0.2) is 25.2 Å². The van der Waals surface area contributed by atoms with Crippen molar-refractivity contribution in [3.05, 3.63) is 46.3 Å². The molecule has 1 atom stereocenters. The van der Waals surface area contributed by atoms with E-state index >= 15 is 0 Å². The Bertz CT molecular complexity index is 578. The van der Waals surface area contributed by atoms with Crippen LogP contribution in [0, 0.1) is 20.8 Å². The molecule has 1 aromatic carbocycles. The van der Waals surface area contributed by atoms with Crippen LogP contribution in [0.5, 0.6) is 0 Å². The van der Waals surface area contributed by atoms with Crippen LogP contribution in [0.15, 0.2) is 18.3 Å². The molecule has 102 valence electrons. The highest BCUT2D eigenvalue weighted by Gasteiger charge is 2.13. The molecule has 2 N–H and O–H groups in total. The molecular weight excluding hydrogens is 242 g/mol. The number of aliphatic hydroxyl groups excluding tert-OH is 2. The number of hydrogen-bond donors (Lipinski definition) is 2. The van der Waals surface area contributed by atoms with Gasteiger partial charge in [-0.2, -0.15) is 0 Å². The van der Waals surface area contributed by atoms with Crippen molar-refractivity contribution in [2.24, 2.45) is 0 Å². The molecular formula is C14H19N3O2. The minimum Gasteiger partial charge on any atom is -0.390 e. The summed E-state index contributed by atoms with van der Waals surface area (Å²) in [4.78, 5) is 0. The molecule has 0 aliphatic rings. The van der Waals surface area contributed by atoms with Gasteiger partial charge in [0.25, 0.3) is 0 Å². The van der Waals surface area contributed by atoms with Crippen molar-refractivity contribution in [2.75, 3.05) is 0 Å². The zero-order chi connectivity index (χ0) is 14.0. The number of aryl methyl sites for hydroxylation is 3. The highest BCUT2D eigenvalue weighted by Crippen LogP contribution is 2.22. The fourth-order valence-corrected chi connectivity index (χ4v) is 2.12. The molecule has 0 amide bonds. The van der Waals surface area contributed by atoms with Gasteiger partial charge in [-0.1, -0.05) is 17.3 Å². The Kier molecular flexibility index (Phi) is 3.97. The van der Waals surface area contributed by atoms with Crippen molar-refractivity contribution < 1.29 is 10.2 Å². The SMILES string of the molecule is Cc1cc(C)c([C@H](O)Cn2cc(CO)nn2)cc1C. The predicted octanol–water partition coefficient (Wildman–Crippen LogP) is 1.43. The van der Waals surface area contributed by atoms with E-state index in [0.717, 1.165) is 16.7 Å². The van der Waals surface area contributed by atoms with Crippen molar-refractivity contribution in [2.45, 2.75) is 40.0 Å². The Hall–Kier alpha value is -1.72. The Morgan fingerprint density at radius 1 is 1.16 bits per heavy atom. The van der Waals surface area contributed by atoms with Gasteiger partial charge in [-0.3, -0.25) is 0 Å². The normalized spacial score (nSPS) is 12.7. The summed E-state index contributed by atoms with van der Waals surface area (Å²) in [5.41, 5.74) is 4.86. The maximum atomic E-state index is 10.3. The molecule has 5 nitrogen and oxygen atoms in total. The third-order valence-electron chi connectivity index (χ3n) is 3.35. The predicted molar refractivity (Wildman–Crippen MR) is 71.6 cm³/mol. The quantitative estimate of drug-likeness (QED) is 0.873. The van der Waals surface area contributed by atoms with Crippen LogP contribution in [0.1, 0.15) is 34.1 Å². The largest absolute Gasteiger partial charge is 0.390 e. The number of aliphatic hydroxyl groups is 2. The van der Waals surface area contributed by atoms with Crippen molar-refractivity contribution in [3.8, 4) is 0 Å². The number of nitrogens with zero attached hydrogens (tertiary/aromatic N) is 3. The van der Waals surface area contributed by atoms with E-state index in [9.17, 15) is 5.11 Å². The zero-order valence-corrected chi connectivity index (χ0v) is 11.5. The molecule has 2 aromatic rings. The van der Waals surface area contributed by atoms with E-state index in [4.69, 9.17) is 5.11 Å². The van der Waals surface area contributed by atoms with Crippen molar-refractivity contribution in [3.63, 3.8) is 0 Å². The maximum absolute atomic E-state index is 10.3. The van der Waals surface area contributed by atoms with E-state index in [0.29, 0.717) is 12.2 Å². The lowest BCUT2D eigenvalue weighted by atomic mass is 9.97. The molecule has 0 aliphatic carbocycles. The van der Waals surface area contributed by atoms with Gasteiger partial charge in [0.05, 0.1) is 25.5 Å². The zero-order valence-electron chi connectivity index (χ0n) is 11.5. The summed E-state index contributed by atoms with van der Waals surface area (Å²) >= 11 is 0. The minimum absolute atomic E-state index is 0.140. The van der Waals surface area contributed by atoms with Crippen LogP contribution >= 0.6 is 0 Å². The molecule has 0 spiro atoms. The van der Waals surface area contributed by atoms with Gasteiger partial charge >= 0.3 is 0 Å². The van der Waals surface area contributed by atoms with E-state index in [1.54, 1.807) is 10.9 Å². The topological polar surface area (TPSA) is 71.2 Å². The van der Waals surface area contributed by atoms with Gasteiger partial charge < -0.3 is 10.2 Å². The number of aromatic nitrogens is 3. The second-order valence-electron chi connectivity index (χ2n) is 4.90. The smallest absolute Gasteiger partial charge is 0.108 e. The maximum Gasteiger partial charge on any atom is 0.108 e. The lowest BCUT2D eigenvalue weighted by Gasteiger charge is -2.15. The molecule has 1 aromatic heterocycles. The van der Waals surface area contributed by atoms with Gasteiger partial charge in [-0.05, 0) is 43.0 Å². The fourth-order valence-electron chi connectivity index (χ4n) is 2.12. The Labute approximate surface area is 112 Å².